The van der Waals surface area contributed by atoms with Gasteiger partial charge in [0.1, 0.15) is 5.56 Å². The van der Waals surface area contributed by atoms with Crippen molar-refractivity contribution < 1.29 is 24.2 Å². The number of carboxylic acid groups (broad SMARTS) is 1. The summed E-state index contributed by atoms with van der Waals surface area (Å²) in [5.74, 6) is -0.899. The number of nitrogens with one attached hydrogen (secondary N) is 2. The summed E-state index contributed by atoms with van der Waals surface area (Å²) in [7, 11) is 1.55. The molecule has 2 fully saturated rings. The van der Waals surface area contributed by atoms with Crippen LogP contribution in [0.3, 0.4) is 0 Å². The third-order valence-corrected chi connectivity index (χ3v) is 7.71. The van der Waals surface area contributed by atoms with Crippen molar-refractivity contribution in [3.8, 4) is 5.75 Å². The van der Waals surface area contributed by atoms with Gasteiger partial charge in [0.15, 0.2) is 16.7 Å². The van der Waals surface area contributed by atoms with E-state index in [0.717, 1.165) is 18.5 Å². The average molecular weight is 558 g/mol. The number of pyridine rings is 1. The molecule has 5 rings (SSSR count). The minimum Gasteiger partial charge on any atom is -0.492 e. The van der Waals surface area contributed by atoms with Gasteiger partial charge in [-0.1, -0.05) is 18.5 Å². The molecule has 2 atom stereocenters. The van der Waals surface area contributed by atoms with Crippen molar-refractivity contribution in [3.63, 3.8) is 0 Å². The number of piperidine rings is 1. The highest BCUT2D eigenvalue weighted by molar-refractivity contribution is 6.30. The molecule has 0 spiro atoms. The fraction of sp³-hybridized carbons (Fsp3) is 0.481. The Hall–Kier alpha value is -3.57. The van der Waals surface area contributed by atoms with Crippen LogP contribution in [0.15, 0.2) is 23.1 Å². The number of carbonyl (C=O) groups excluding carboxylic acids is 1. The van der Waals surface area contributed by atoms with Gasteiger partial charge in [-0.2, -0.15) is 0 Å². The first-order chi connectivity index (χ1) is 18.8. The van der Waals surface area contributed by atoms with Crippen molar-refractivity contribution in [3.05, 3.63) is 50.8 Å². The molecular weight excluding hydrogens is 526 g/mol. The highest BCUT2D eigenvalue weighted by Crippen LogP contribution is 2.43. The largest absolute Gasteiger partial charge is 0.492 e. The number of aromatic nitrogens is 3. The predicted octanol–water partition coefficient (Wildman–Crippen LogP) is 3.40. The molecule has 208 valence electrons. The number of hydrogen-bond acceptors (Lipinski definition) is 7. The van der Waals surface area contributed by atoms with Gasteiger partial charge in [-0.05, 0) is 44.7 Å². The SMILES string of the molecule is CCOC1CN(c2ccc3c(=O)c(C(=O)O)cn(C4CC4)c3c2OC)CCC1NC(=O)c1nc(Cl)c(CC)[nH]1. The number of aryl methyl sites for hydroxylation is 1. The van der Waals surface area contributed by atoms with Gasteiger partial charge in [-0.15, -0.1) is 0 Å². The number of carbonyl (C=O) groups is 2. The van der Waals surface area contributed by atoms with Crippen LogP contribution in [-0.4, -0.2) is 70.5 Å². The maximum absolute atomic E-state index is 13.0. The molecular formula is C27H32ClN5O6. The van der Waals surface area contributed by atoms with Crippen molar-refractivity contribution in [2.45, 2.75) is 57.7 Å². The van der Waals surface area contributed by atoms with Gasteiger partial charge in [0.25, 0.3) is 5.91 Å². The molecule has 1 aliphatic carbocycles. The maximum Gasteiger partial charge on any atom is 0.341 e. The van der Waals surface area contributed by atoms with Gasteiger partial charge in [-0.3, -0.25) is 9.59 Å². The summed E-state index contributed by atoms with van der Waals surface area (Å²) in [5, 5.41) is 13.2. The van der Waals surface area contributed by atoms with E-state index in [4.69, 9.17) is 21.1 Å². The number of H-pyrrole nitrogens is 1. The molecule has 12 heteroatoms. The molecule has 1 aliphatic heterocycles. The van der Waals surface area contributed by atoms with E-state index < -0.39 is 11.4 Å². The number of halogens is 1. The van der Waals surface area contributed by atoms with Crippen LogP contribution >= 0.6 is 11.6 Å². The number of carboxylic acids is 1. The molecule has 11 nitrogen and oxygen atoms in total. The van der Waals surface area contributed by atoms with Gasteiger partial charge >= 0.3 is 5.97 Å². The van der Waals surface area contributed by atoms with E-state index in [1.807, 2.05) is 18.4 Å². The van der Waals surface area contributed by atoms with Crippen LogP contribution in [0, 0.1) is 0 Å². The average Bonchev–Trinajstić information content (AvgIpc) is 3.70. The molecule has 1 aromatic carbocycles. The number of amides is 1. The van der Waals surface area contributed by atoms with Crippen LogP contribution in [0.4, 0.5) is 5.69 Å². The van der Waals surface area contributed by atoms with Gasteiger partial charge in [0.2, 0.25) is 5.43 Å². The predicted molar refractivity (Wildman–Crippen MR) is 146 cm³/mol. The Bertz CT molecular complexity index is 1480. The van der Waals surface area contributed by atoms with Gasteiger partial charge in [-0.25, -0.2) is 9.78 Å². The lowest BCUT2D eigenvalue weighted by atomic mass is 9.99. The first-order valence-corrected chi connectivity index (χ1v) is 13.6. The first kappa shape index (κ1) is 27.0. The van der Waals surface area contributed by atoms with E-state index >= 15 is 0 Å². The molecule has 1 saturated heterocycles. The normalized spacial score (nSPS) is 19.3. The molecule has 3 aromatic rings. The molecule has 0 bridgehead atoms. The van der Waals surface area contributed by atoms with Crippen LogP contribution in [0.25, 0.3) is 10.9 Å². The summed E-state index contributed by atoms with van der Waals surface area (Å²) in [6.07, 6.45) is 4.17. The number of aromatic carboxylic acids is 1. The summed E-state index contributed by atoms with van der Waals surface area (Å²) < 4.78 is 13.8. The van der Waals surface area contributed by atoms with E-state index in [1.165, 1.54) is 6.20 Å². The number of benzene rings is 1. The lowest BCUT2D eigenvalue weighted by Gasteiger charge is -2.40. The summed E-state index contributed by atoms with van der Waals surface area (Å²) in [6, 6.07) is 3.34. The number of hydrogen-bond donors (Lipinski definition) is 3. The number of imidazole rings is 1. The van der Waals surface area contributed by atoms with Crippen molar-refractivity contribution in [1.29, 1.82) is 0 Å². The summed E-state index contributed by atoms with van der Waals surface area (Å²) in [5.41, 5.74) is 1.30. The molecule has 1 amide bonds. The molecule has 2 unspecified atom stereocenters. The molecule has 39 heavy (non-hydrogen) atoms. The fourth-order valence-corrected chi connectivity index (χ4v) is 5.57. The summed E-state index contributed by atoms with van der Waals surface area (Å²) in [4.78, 5) is 47.0. The van der Waals surface area contributed by atoms with Crippen LogP contribution in [0.1, 0.15) is 65.8 Å². The first-order valence-electron chi connectivity index (χ1n) is 13.2. The minimum atomic E-state index is -1.24. The number of aromatic amines is 1. The molecule has 3 heterocycles. The van der Waals surface area contributed by atoms with Crippen LogP contribution in [-0.2, 0) is 11.2 Å². The van der Waals surface area contributed by atoms with E-state index in [-0.39, 0.29) is 35.5 Å². The number of fused-ring (bicyclic) bond motifs is 1. The standard InChI is InChI=1S/C27H32ClN5O6/c1-4-17-24(28)31-25(29-17)26(35)30-18-10-11-32(13-20(18)39-5-2)19-9-8-15-21(23(19)38-3)33(14-6-7-14)12-16(22(15)34)27(36)37/h8-9,12,14,18,20H,4-7,10-11,13H2,1-3H3,(H,29,31)(H,30,35)(H,36,37). The zero-order chi connectivity index (χ0) is 27.8. The Kier molecular flexibility index (Phi) is 7.55. The minimum absolute atomic E-state index is 0.121. The zero-order valence-electron chi connectivity index (χ0n) is 22.1. The van der Waals surface area contributed by atoms with Crippen LogP contribution < -0.4 is 20.4 Å². The zero-order valence-corrected chi connectivity index (χ0v) is 22.9. The lowest BCUT2D eigenvalue weighted by molar-refractivity contribution is 0.0271. The third-order valence-electron chi connectivity index (χ3n) is 7.40. The molecule has 2 aromatic heterocycles. The van der Waals surface area contributed by atoms with E-state index in [2.05, 4.69) is 20.2 Å². The number of nitrogens with zero attached hydrogens (tertiary/aromatic N) is 3. The highest BCUT2D eigenvalue weighted by Gasteiger charge is 2.35. The van der Waals surface area contributed by atoms with Gasteiger partial charge in [0, 0.05) is 31.9 Å². The molecule has 3 N–H and O–H groups in total. The number of rotatable bonds is 9. The molecule has 1 saturated carbocycles. The van der Waals surface area contributed by atoms with Crippen molar-refractivity contribution in [2.75, 3.05) is 31.7 Å². The topological polar surface area (TPSA) is 139 Å². The Labute approximate surface area is 230 Å². The van der Waals surface area contributed by atoms with E-state index in [0.29, 0.717) is 60.0 Å². The third kappa shape index (κ3) is 5.08. The monoisotopic (exact) mass is 557 g/mol. The second-order valence-corrected chi connectivity index (χ2v) is 10.2. The van der Waals surface area contributed by atoms with Gasteiger partial charge in [0.05, 0.1) is 41.5 Å². The molecule has 0 radical (unpaired) electrons. The number of ether oxygens (including phenoxy) is 2. The Morgan fingerprint density at radius 1 is 1.26 bits per heavy atom. The Morgan fingerprint density at radius 3 is 2.64 bits per heavy atom. The quantitative estimate of drug-likeness (QED) is 0.364. The molecule has 2 aliphatic rings. The van der Waals surface area contributed by atoms with E-state index in [1.54, 1.807) is 19.2 Å². The second-order valence-electron chi connectivity index (χ2n) is 9.85. The van der Waals surface area contributed by atoms with Crippen molar-refractivity contribution in [2.24, 2.45) is 0 Å². The fourth-order valence-electron chi connectivity index (χ4n) is 5.30. The Morgan fingerprint density at radius 2 is 2.03 bits per heavy atom. The van der Waals surface area contributed by atoms with Gasteiger partial charge < -0.3 is 34.3 Å². The smallest absolute Gasteiger partial charge is 0.341 e. The summed E-state index contributed by atoms with van der Waals surface area (Å²) >= 11 is 6.12. The number of anilines is 1. The number of methoxy groups -OCH3 is 1. The van der Waals surface area contributed by atoms with Crippen LogP contribution in [0.2, 0.25) is 5.15 Å². The highest BCUT2D eigenvalue weighted by atomic mass is 35.5. The lowest BCUT2D eigenvalue weighted by Crippen LogP contribution is -2.55. The maximum atomic E-state index is 13.0. The summed E-state index contributed by atoms with van der Waals surface area (Å²) in [6.45, 7) is 5.36. The van der Waals surface area contributed by atoms with Crippen molar-refractivity contribution >= 4 is 40.1 Å². The van der Waals surface area contributed by atoms with Crippen molar-refractivity contribution in [1.82, 2.24) is 19.9 Å². The second kappa shape index (κ2) is 10.9. The van der Waals surface area contributed by atoms with Crippen LogP contribution in [0.5, 0.6) is 5.75 Å². The Balaban J connectivity index is 1.45. The van der Waals surface area contributed by atoms with E-state index in [9.17, 15) is 19.5 Å².